The number of rotatable bonds is 1. The Kier molecular flexibility index (Phi) is 2.25. The van der Waals surface area contributed by atoms with Gasteiger partial charge in [-0.25, -0.2) is 4.39 Å². The highest BCUT2D eigenvalue weighted by molar-refractivity contribution is 6.30. The third kappa shape index (κ3) is 1.46. The zero-order chi connectivity index (χ0) is 7.56. The molecule has 1 rings (SSSR count). The molecule has 0 fully saturated rings. The van der Waals surface area contributed by atoms with E-state index in [2.05, 4.69) is 0 Å². The Morgan fingerprint density at radius 1 is 1.50 bits per heavy atom. The molecular weight excluding hydrogens is 155 g/mol. The molecule has 0 aliphatic rings. The zero-order valence-corrected chi connectivity index (χ0v) is 5.77. The van der Waals surface area contributed by atoms with E-state index in [0.29, 0.717) is 11.6 Å². The number of halogens is 2. The Morgan fingerprint density at radius 3 is 2.70 bits per heavy atom. The van der Waals surface area contributed by atoms with Crippen LogP contribution in [0.5, 0.6) is 0 Å². The van der Waals surface area contributed by atoms with Crippen molar-refractivity contribution in [3.8, 4) is 0 Å². The highest BCUT2D eigenvalue weighted by Crippen LogP contribution is 2.14. The minimum atomic E-state index is -0.480. The molecule has 53 valence electrons. The van der Waals surface area contributed by atoms with Crippen LogP contribution < -0.4 is 0 Å². The molecule has 1 radical (unpaired) electrons. The summed E-state index contributed by atoms with van der Waals surface area (Å²) in [7, 11) is 0. The van der Waals surface area contributed by atoms with Gasteiger partial charge in [0.15, 0.2) is 0 Å². The quantitative estimate of drug-likeness (QED) is 0.667. The van der Waals surface area contributed by atoms with Gasteiger partial charge in [0.05, 0.1) is 0 Å². The summed E-state index contributed by atoms with van der Waals surface area (Å²) in [6.07, 6.45) is 0. The highest BCUT2D eigenvalue weighted by atomic mass is 35.5. The predicted octanol–water partition coefficient (Wildman–Crippen LogP) is 2.36. The van der Waals surface area contributed by atoms with Gasteiger partial charge in [-0.2, -0.15) is 0 Å². The van der Waals surface area contributed by atoms with Crippen LogP contribution >= 0.6 is 11.6 Å². The van der Waals surface area contributed by atoms with Crippen LogP contribution in [-0.2, 0) is 0 Å². The molecular formula is C7H5ClFO. The molecule has 1 aromatic carbocycles. The third-order valence-electron chi connectivity index (χ3n) is 1.10. The summed E-state index contributed by atoms with van der Waals surface area (Å²) in [5.41, 5.74) is 0.104. The van der Waals surface area contributed by atoms with Gasteiger partial charge in [-0.15, -0.1) is 0 Å². The minimum absolute atomic E-state index is 0.104. The summed E-state index contributed by atoms with van der Waals surface area (Å²) in [6, 6.07) is 3.96. The maximum absolute atomic E-state index is 12.5. The lowest BCUT2D eigenvalue weighted by Gasteiger charge is -1.96. The summed E-state index contributed by atoms with van der Waals surface area (Å²) in [4.78, 5) is 0. The van der Waals surface area contributed by atoms with E-state index >= 15 is 0 Å². The first kappa shape index (κ1) is 7.51. The van der Waals surface area contributed by atoms with Gasteiger partial charge in [-0.1, -0.05) is 11.6 Å². The molecule has 0 bridgehead atoms. The maximum atomic E-state index is 12.5. The summed E-state index contributed by atoms with van der Waals surface area (Å²) >= 11 is 5.50. The second kappa shape index (κ2) is 2.99. The van der Waals surface area contributed by atoms with Crippen molar-refractivity contribution < 1.29 is 9.50 Å². The highest BCUT2D eigenvalue weighted by Gasteiger charge is 1.99. The van der Waals surface area contributed by atoms with E-state index in [-0.39, 0.29) is 5.56 Å². The summed E-state index contributed by atoms with van der Waals surface area (Å²) in [5.74, 6) is -0.480. The Labute approximate surface area is 63.1 Å². The fourth-order valence-electron chi connectivity index (χ4n) is 0.614. The molecule has 0 aliphatic carbocycles. The molecule has 0 saturated heterocycles. The van der Waals surface area contributed by atoms with E-state index < -0.39 is 5.82 Å². The van der Waals surface area contributed by atoms with Crippen molar-refractivity contribution in [1.82, 2.24) is 0 Å². The average Bonchev–Trinajstić information content (AvgIpc) is 1.94. The third-order valence-corrected chi connectivity index (χ3v) is 1.33. The standard InChI is InChI=1S/C7H5ClFO/c8-6-1-2-7(9)5(3-6)4-10/h1-4,10H. The number of hydrogen-bond donors (Lipinski definition) is 1. The number of aliphatic hydroxyl groups is 1. The Morgan fingerprint density at radius 2 is 2.20 bits per heavy atom. The molecule has 1 nitrogen and oxygen atoms in total. The molecule has 10 heavy (non-hydrogen) atoms. The van der Waals surface area contributed by atoms with Gasteiger partial charge in [-0.3, -0.25) is 0 Å². The van der Waals surface area contributed by atoms with E-state index in [9.17, 15) is 4.39 Å². The van der Waals surface area contributed by atoms with E-state index in [1.807, 2.05) is 0 Å². The number of benzene rings is 1. The second-order valence-corrected chi connectivity index (χ2v) is 2.23. The molecule has 0 aliphatic heterocycles. The molecule has 0 heterocycles. The minimum Gasteiger partial charge on any atom is -0.385 e. The van der Waals surface area contributed by atoms with E-state index in [1.165, 1.54) is 18.2 Å². The van der Waals surface area contributed by atoms with E-state index in [1.54, 1.807) is 0 Å². The lowest BCUT2D eigenvalue weighted by molar-refractivity contribution is 0.407. The maximum Gasteiger partial charge on any atom is 0.129 e. The smallest absolute Gasteiger partial charge is 0.129 e. The van der Waals surface area contributed by atoms with Crippen LogP contribution in [0.25, 0.3) is 0 Å². The number of aliphatic hydroxyl groups excluding tert-OH is 1. The van der Waals surface area contributed by atoms with Crippen molar-refractivity contribution in [2.75, 3.05) is 0 Å². The van der Waals surface area contributed by atoms with Crippen molar-refractivity contribution in [2.45, 2.75) is 0 Å². The zero-order valence-electron chi connectivity index (χ0n) is 5.01. The van der Waals surface area contributed by atoms with Gasteiger partial charge in [-0.05, 0) is 18.2 Å². The van der Waals surface area contributed by atoms with Crippen molar-refractivity contribution in [2.24, 2.45) is 0 Å². The topological polar surface area (TPSA) is 20.2 Å². The molecule has 0 atom stereocenters. The van der Waals surface area contributed by atoms with Gasteiger partial charge in [0.2, 0.25) is 0 Å². The van der Waals surface area contributed by atoms with Crippen LogP contribution in [0.1, 0.15) is 5.56 Å². The molecule has 3 heteroatoms. The largest absolute Gasteiger partial charge is 0.385 e. The summed E-state index contributed by atoms with van der Waals surface area (Å²) in [6.45, 7) is 0.682. The first-order valence-electron chi connectivity index (χ1n) is 2.66. The van der Waals surface area contributed by atoms with Gasteiger partial charge in [0.25, 0.3) is 0 Å². The van der Waals surface area contributed by atoms with E-state index in [0.717, 1.165) is 0 Å². The van der Waals surface area contributed by atoms with E-state index in [4.69, 9.17) is 16.7 Å². The molecule has 0 spiro atoms. The molecule has 0 unspecified atom stereocenters. The van der Waals surface area contributed by atoms with Crippen molar-refractivity contribution >= 4 is 11.6 Å². The Bertz CT molecular complexity index is 237. The molecule has 0 amide bonds. The molecule has 1 N–H and O–H groups in total. The van der Waals surface area contributed by atoms with Crippen LogP contribution in [0.2, 0.25) is 5.02 Å². The monoisotopic (exact) mass is 159 g/mol. The SMILES string of the molecule is O[CH]c1cc(Cl)ccc1F. The normalized spacial score (nSPS) is 9.90. The Balaban J connectivity index is 3.09. The lowest BCUT2D eigenvalue weighted by atomic mass is 10.2. The van der Waals surface area contributed by atoms with Gasteiger partial charge < -0.3 is 5.11 Å². The number of hydrogen-bond acceptors (Lipinski definition) is 1. The van der Waals surface area contributed by atoms with Crippen LogP contribution in [0.3, 0.4) is 0 Å². The lowest BCUT2D eigenvalue weighted by Crippen LogP contribution is -1.85. The van der Waals surface area contributed by atoms with Crippen molar-refractivity contribution in [3.63, 3.8) is 0 Å². The second-order valence-electron chi connectivity index (χ2n) is 1.79. The molecule has 0 saturated carbocycles. The summed E-state index contributed by atoms with van der Waals surface area (Å²) < 4.78 is 12.5. The van der Waals surface area contributed by atoms with Crippen molar-refractivity contribution in [3.05, 3.63) is 41.2 Å². The predicted molar refractivity (Wildman–Crippen MR) is 36.7 cm³/mol. The first-order valence-corrected chi connectivity index (χ1v) is 3.04. The van der Waals surface area contributed by atoms with Crippen molar-refractivity contribution in [1.29, 1.82) is 0 Å². The molecule has 0 aromatic heterocycles. The first-order chi connectivity index (χ1) is 4.74. The van der Waals surface area contributed by atoms with Crippen LogP contribution in [0, 0.1) is 12.4 Å². The van der Waals surface area contributed by atoms with Gasteiger partial charge in [0.1, 0.15) is 12.4 Å². The van der Waals surface area contributed by atoms with Gasteiger partial charge in [0, 0.05) is 10.6 Å². The fourth-order valence-corrected chi connectivity index (χ4v) is 0.794. The molecule has 1 aromatic rings. The van der Waals surface area contributed by atoms with Crippen LogP contribution in [0.4, 0.5) is 4.39 Å². The fraction of sp³-hybridized carbons (Fsp3) is 0. The average molecular weight is 160 g/mol. The summed E-state index contributed by atoms with van der Waals surface area (Å²) in [5, 5.41) is 8.82. The van der Waals surface area contributed by atoms with Crippen LogP contribution in [0.15, 0.2) is 18.2 Å². The van der Waals surface area contributed by atoms with Crippen LogP contribution in [-0.4, -0.2) is 5.11 Å². The Hall–Kier alpha value is -0.600. The van der Waals surface area contributed by atoms with Gasteiger partial charge >= 0.3 is 0 Å².